The smallest absolute Gasteiger partial charge is 0.267 e. The molecule has 0 unspecified atom stereocenters. The van der Waals surface area contributed by atoms with Gasteiger partial charge < -0.3 is 0 Å². The van der Waals surface area contributed by atoms with Crippen molar-refractivity contribution in [2.24, 2.45) is 0 Å². The summed E-state index contributed by atoms with van der Waals surface area (Å²) in [6.07, 6.45) is 3.09. The van der Waals surface area contributed by atoms with Gasteiger partial charge in [-0.2, -0.15) is 5.26 Å². The van der Waals surface area contributed by atoms with Crippen molar-refractivity contribution >= 4 is 21.8 Å². The Hall–Kier alpha value is -1.41. The van der Waals surface area contributed by atoms with Gasteiger partial charge in [-0.15, -0.1) is 0 Å². The van der Waals surface area contributed by atoms with Crippen LogP contribution in [0, 0.1) is 11.5 Å². The minimum atomic E-state index is -0.461. The van der Waals surface area contributed by atoms with Crippen LogP contribution >= 0.6 is 15.9 Å². The first-order valence-electron chi connectivity index (χ1n) is 3.05. The second kappa shape index (κ2) is 3.83. The quantitative estimate of drug-likeness (QED) is 0.442. The minimum Gasteiger partial charge on any atom is -0.268 e. The highest BCUT2D eigenvalue weighted by Gasteiger charge is 2.08. The fourth-order valence-electron chi connectivity index (χ4n) is 0.674. The first-order valence-corrected chi connectivity index (χ1v) is 3.85. The monoisotopic (exact) mass is 225 g/mol. The van der Waals surface area contributed by atoms with Crippen LogP contribution in [0.2, 0.25) is 0 Å². The zero-order chi connectivity index (χ0) is 8.97. The summed E-state index contributed by atoms with van der Waals surface area (Å²) in [5.74, 6) is -0.461. The molecule has 0 aliphatic rings. The molecule has 1 rings (SSSR count). The van der Waals surface area contributed by atoms with E-state index in [1.807, 2.05) is 5.32 Å². The molecule has 5 heteroatoms. The Bertz CT molecular complexity index is 345. The zero-order valence-electron chi connectivity index (χ0n) is 5.91. The number of aromatic nitrogens is 1. The molecule has 1 heterocycles. The third-order valence-corrected chi connectivity index (χ3v) is 1.81. The topological polar surface area (TPSA) is 65.8 Å². The van der Waals surface area contributed by atoms with Gasteiger partial charge in [0.05, 0.1) is 5.56 Å². The van der Waals surface area contributed by atoms with Gasteiger partial charge in [0.25, 0.3) is 5.91 Å². The van der Waals surface area contributed by atoms with E-state index in [0.29, 0.717) is 10.2 Å². The minimum absolute atomic E-state index is 0.346. The summed E-state index contributed by atoms with van der Waals surface area (Å²) in [5, 5.41) is 10.2. The Labute approximate surface area is 77.4 Å². The predicted octanol–water partition coefficient (Wildman–Crippen LogP) is 1.05. The molecule has 0 fully saturated rings. The summed E-state index contributed by atoms with van der Waals surface area (Å²) in [4.78, 5) is 14.9. The SMILES string of the molecule is N#CNC(=O)c1cccnc1Br. The molecule has 1 aromatic rings. The van der Waals surface area contributed by atoms with Crippen LogP contribution in [-0.4, -0.2) is 10.9 Å². The van der Waals surface area contributed by atoms with Gasteiger partial charge in [-0.25, -0.2) is 4.98 Å². The maximum atomic E-state index is 11.1. The van der Waals surface area contributed by atoms with Gasteiger partial charge in [-0.1, -0.05) is 0 Å². The third-order valence-electron chi connectivity index (χ3n) is 1.17. The van der Waals surface area contributed by atoms with Crippen LogP contribution in [0.4, 0.5) is 0 Å². The first kappa shape index (κ1) is 8.68. The molecule has 0 saturated carbocycles. The van der Waals surface area contributed by atoms with Crippen LogP contribution in [0.3, 0.4) is 0 Å². The number of nitriles is 1. The summed E-state index contributed by atoms with van der Waals surface area (Å²) < 4.78 is 0.428. The number of nitrogens with one attached hydrogen (secondary N) is 1. The summed E-state index contributed by atoms with van der Waals surface area (Å²) in [5.41, 5.74) is 0.346. The lowest BCUT2D eigenvalue weighted by atomic mass is 10.3. The molecule has 0 aromatic carbocycles. The predicted molar refractivity (Wildman–Crippen MR) is 45.0 cm³/mol. The normalized spacial score (nSPS) is 8.67. The van der Waals surface area contributed by atoms with Crippen LogP contribution in [0.25, 0.3) is 0 Å². The maximum Gasteiger partial charge on any atom is 0.267 e. The molecular weight excluding hydrogens is 222 g/mol. The fraction of sp³-hybridized carbons (Fsp3) is 0. The highest BCUT2D eigenvalue weighted by molar-refractivity contribution is 9.10. The number of carbonyl (C=O) groups is 1. The van der Waals surface area contributed by atoms with Crippen LogP contribution in [0.15, 0.2) is 22.9 Å². The number of amides is 1. The largest absolute Gasteiger partial charge is 0.268 e. The van der Waals surface area contributed by atoms with Gasteiger partial charge in [0.2, 0.25) is 0 Å². The number of rotatable bonds is 1. The van der Waals surface area contributed by atoms with Crippen molar-refractivity contribution in [2.45, 2.75) is 0 Å². The summed E-state index contributed by atoms with van der Waals surface area (Å²) in [6.45, 7) is 0. The van der Waals surface area contributed by atoms with Crippen molar-refractivity contribution < 1.29 is 4.79 Å². The average Bonchev–Trinajstić information content (AvgIpc) is 2.05. The van der Waals surface area contributed by atoms with Crippen LogP contribution in [0.5, 0.6) is 0 Å². The van der Waals surface area contributed by atoms with E-state index in [4.69, 9.17) is 5.26 Å². The molecule has 0 aliphatic heterocycles. The Morgan fingerprint density at radius 2 is 2.50 bits per heavy atom. The molecular formula is C7H4BrN3O. The van der Waals surface area contributed by atoms with E-state index in [9.17, 15) is 4.79 Å². The van der Waals surface area contributed by atoms with Gasteiger partial charge in [0.15, 0.2) is 6.19 Å². The second-order valence-corrected chi connectivity index (χ2v) is 2.66. The van der Waals surface area contributed by atoms with E-state index >= 15 is 0 Å². The lowest BCUT2D eigenvalue weighted by molar-refractivity contribution is 0.0971. The van der Waals surface area contributed by atoms with Crippen molar-refractivity contribution in [3.63, 3.8) is 0 Å². The van der Waals surface area contributed by atoms with Crippen molar-refractivity contribution in [2.75, 3.05) is 0 Å². The van der Waals surface area contributed by atoms with E-state index in [0.717, 1.165) is 0 Å². The number of carbonyl (C=O) groups excluding carboxylic acids is 1. The van der Waals surface area contributed by atoms with Gasteiger partial charge in [-0.05, 0) is 28.1 Å². The average molecular weight is 226 g/mol. The molecule has 0 saturated heterocycles. The van der Waals surface area contributed by atoms with E-state index in [2.05, 4.69) is 20.9 Å². The van der Waals surface area contributed by atoms with Crippen molar-refractivity contribution in [3.8, 4) is 6.19 Å². The summed E-state index contributed by atoms with van der Waals surface area (Å²) >= 11 is 3.09. The first-order chi connectivity index (χ1) is 5.75. The van der Waals surface area contributed by atoms with E-state index in [1.165, 1.54) is 0 Å². The molecule has 0 spiro atoms. The molecule has 60 valence electrons. The summed E-state index contributed by atoms with van der Waals surface area (Å²) in [6, 6.07) is 3.20. The van der Waals surface area contributed by atoms with E-state index in [1.54, 1.807) is 24.5 Å². The second-order valence-electron chi connectivity index (χ2n) is 1.91. The fourth-order valence-corrected chi connectivity index (χ4v) is 1.10. The molecule has 0 radical (unpaired) electrons. The molecule has 12 heavy (non-hydrogen) atoms. The number of hydrogen-bond donors (Lipinski definition) is 1. The molecule has 1 aromatic heterocycles. The number of halogens is 1. The molecule has 4 nitrogen and oxygen atoms in total. The Balaban J connectivity index is 2.97. The van der Waals surface area contributed by atoms with E-state index in [-0.39, 0.29) is 0 Å². The van der Waals surface area contributed by atoms with E-state index < -0.39 is 5.91 Å². The molecule has 0 aliphatic carbocycles. The lowest BCUT2D eigenvalue weighted by Crippen LogP contribution is -2.17. The van der Waals surface area contributed by atoms with Crippen molar-refractivity contribution in [3.05, 3.63) is 28.5 Å². The molecule has 0 atom stereocenters. The van der Waals surface area contributed by atoms with Crippen LogP contribution < -0.4 is 5.32 Å². The Morgan fingerprint density at radius 1 is 1.75 bits per heavy atom. The zero-order valence-corrected chi connectivity index (χ0v) is 7.50. The molecule has 1 amide bonds. The molecule has 0 bridgehead atoms. The highest BCUT2D eigenvalue weighted by Crippen LogP contribution is 2.11. The van der Waals surface area contributed by atoms with Crippen molar-refractivity contribution in [1.29, 1.82) is 5.26 Å². The number of nitrogens with zero attached hydrogens (tertiary/aromatic N) is 2. The Kier molecular flexibility index (Phi) is 2.77. The number of pyridine rings is 1. The van der Waals surface area contributed by atoms with Gasteiger partial charge in [-0.3, -0.25) is 10.1 Å². The van der Waals surface area contributed by atoms with Crippen LogP contribution in [-0.2, 0) is 0 Å². The van der Waals surface area contributed by atoms with Crippen LogP contribution in [0.1, 0.15) is 10.4 Å². The van der Waals surface area contributed by atoms with Gasteiger partial charge in [0, 0.05) is 6.20 Å². The van der Waals surface area contributed by atoms with Crippen molar-refractivity contribution in [1.82, 2.24) is 10.3 Å². The van der Waals surface area contributed by atoms with Gasteiger partial charge >= 0.3 is 0 Å². The lowest BCUT2D eigenvalue weighted by Gasteiger charge is -1.97. The maximum absolute atomic E-state index is 11.1. The standard InChI is InChI=1S/C7H4BrN3O/c8-6-5(2-1-3-10-6)7(12)11-4-9/h1-3H,(H,11,12). The number of hydrogen-bond acceptors (Lipinski definition) is 3. The molecule has 1 N–H and O–H groups in total. The third kappa shape index (κ3) is 1.80. The van der Waals surface area contributed by atoms with Gasteiger partial charge in [0.1, 0.15) is 4.60 Å². The summed E-state index contributed by atoms with van der Waals surface area (Å²) in [7, 11) is 0. The highest BCUT2D eigenvalue weighted by atomic mass is 79.9. The Morgan fingerprint density at radius 3 is 3.08 bits per heavy atom.